The number of rotatable bonds is 6. The zero-order valence-electron chi connectivity index (χ0n) is 17.8. The van der Waals surface area contributed by atoms with Gasteiger partial charge in [0.05, 0.1) is 23.0 Å². The fourth-order valence-corrected chi connectivity index (χ4v) is 4.81. The van der Waals surface area contributed by atoms with Gasteiger partial charge in [-0.1, -0.05) is 24.3 Å². The van der Waals surface area contributed by atoms with E-state index < -0.39 is 10.9 Å². The molecule has 2 aromatic carbocycles. The number of hydrogen-bond acceptors (Lipinski definition) is 7. The van der Waals surface area contributed by atoms with Gasteiger partial charge in [0.25, 0.3) is 17.5 Å². The molecule has 34 heavy (non-hydrogen) atoms. The molecule has 0 unspecified atom stereocenters. The lowest BCUT2D eigenvalue weighted by atomic mass is 9.85. The molecule has 9 nitrogen and oxygen atoms in total. The molecule has 5 rings (SSSR count). The van der Waals surface area contributed by atoms with Crippen LogP contribution >= 0.6 is 0 Å². The summed E-state index contributed by atoms with van der Waals surface area (Å²) in [5.74, 6) is -1.50. The van der Waals surface area contributed by atoms with Gasteiger partial charge in [-0.05, 0) is 54.2 Å². The Balaban J connectivity index is 1.27. The van der Waals surface area contributed by atoms with Crippen LogP contribution in [-0.2, 0) is 14.4 Å². The normalized spacial score (nSPS) is 25.0. The number of para-hydroxylation sites is 1. The van der Waals surface area contributed by atoms with Gasteiger partial charge in [-0.3, -0.25) is 19.7 Å². The molecular weight excluding hydrogens is 438 g/mol. The van der Waals surface area contributed by atoms with Crippen LogP contribution in [0.1, 0.15) is 17.5 Å². The van der Waals surface area contributed by atoms with E-state index in [2.05, 4.69) is 5.10 Å². The van der Waals surface area contributed by atoms with Crippen molar-refractivity contribution in [2.45, 2.75) is 6.42 Å². The van der Waals surface area contributed by atoms with Crippen LogP contribution in [0, 0.1) is 33.8 Å². The first kappa shape index (κ1) is 21.4. The summed E-state index contributed by atoms with van der Waals surface area (Å²) in [5.41, 5.74) is 0.978. The third-order valence-electron chi connectivity index (χ3n) is 6.40. The Morgan fingerprint density at radius 2 is 1.68 bits per heavy atom. The number of carbonyl (C=O) groups is 3. The zero-order chi connectivity index (χ0) is 23.8. The van der Waals surface area contributed by atoms with E-state index in [0.29, 0.717) is 11.1 Å². The summed E-state index contributed by atoms with van der Waals surface area (Å²) in [6.07, 6.45) is 8.90. The summed E-state index contributed by atoms with van der Waals surface area (Å²) < 4.78 is 5.39. The first-order valence-corrected chi connectivity index (χ1v) is 10.8. The van der Waals surface area contributed by atoms with Crippen LogP contribution in [0.4, 0.5) is 5.69 Å². The molecule has 170 valence electrons. The maximum atomic E-state index is 12.8. The minimum Gasteiger partial charge on any atom is -0.423 e. The lowest BCUT2D eigenvalue weighted by Crippen LogP contribution is -2.28. The molecule has 2 aliphatic carbocycles. The van der Waals surface area contributed by atoms with E-state index in [9.17, 15) is 24.5 Å². The second kappa shape index (κ2) is 8.51. The van der Waals surface area contributed by atoms with Crippen molar-refractivity contribution in [1.29, 1.82) is 0 Å². The predicted octanol–water partition coefficient (Wildman–Crippen LogP) is 3.35. The van der Waals surface area contributed by atoms with Crippen molar-refractivity contribution in [3.05, 3.63) is 88.0 Å². The Bertz CT molecular complexity index is 1250. The van der Waals surface area contributed by atoms with E-state index in [0.717, 1.165) is 11.4 Å². The molecule has 0 aromatic heterocycles. The maximum absolute atomic E-state index is 12.8. The number of hydrazone groups is 1. The van der Waals surface area contributed by atoms with Crippen molar-refractivity contribution in [3.63, 3.8) is 0 Å². The van der Waals surface area contributed by atoms with Crippen molar-refractivity contribution in [2.24, 2.45) is 28.8 Å². The number of nitro benzene ring substituents is 1. The fraction of sp³-hybridized carbons (Fsp3) is 0.200. The number of benzene rings is 2. The Morgan fingerprint density at radius 3 is 2.32 bits per heavy atom. The zero-order valence-corrected chi connectivity index (χ0v) is 17.8. The van der Waals surface area contributed by atoms with Crippen LogP contribution in [0.5, 0.6) is 5.75 Å². The Labute approximate surface area is 194 Å². The smallest absolute Gasteiger partial charge is 0.336 e. The maximum Gasteiger partial charge on any atom is 0.336 e. The number of amides is 2. The summed E-state index contributed by atoms with van der Waals surface area (Å²) in [7, 11) is 0. The highest BCUT2D eigenvalue weighted by atomic mass is 16.6. The number of esters is 1. The largest absolute Gasteiger partial charge is 0.423 e. The second-order valence-corrected chi connectivity index (χ2v) is 8.37. The molecule has 1 heterocycles. The van der Waals surface area contributed by atoms with E-state index in [1.54, 1.807) is 24.3 Å². The summed E-state index contributed by atoms with van der Waals surface area (Å²) >= 11 is 0. The third-order valence-corrected chi connectivity index (χ3v) is 6.40. The number of carbonyl (C=O) groups excluding carboxylic acids is 3. The molecule has 9 heteroatoms. The first-order valence-electron chi connectivity index (χ1n) is 10.8. The van der Waals surface area contributed by atoms with Gasteiger partial charge in [-0.25, -0.2) is 4.79 Å². The molecule has 2 amide bonds. The van der Waals surface area contributed by atoms with Gasteiger partial charge in [-0.15, -0.1) is 0 Å². The lowest BCUT2D eigenvalue weighted by Gasteiger charge is -2.13. The molecule has 2 fully saturated rings. The Hall–Kier alpha value is -4.40. The molecule has 4 atom stereocenters. The highest BCUT2D eigenvalue weighted by molar-refractivity contribution is 6.07. The number of hydrogen-bond donors (Lipinski definition) is 0. The molecule has 1 aliphatic heterocycles. The van der Waals surface area contributed by atoms with Crippen molar-refractivity contribution in [2.75, 3.05) is 0 Å². The van der Waals surface area contributed by atoms with Gasteiger partial charge >= 0.3 is 5.97 Å². The van der Waals surface area contributed by atoms with Gasteiger partial charge in [0.2, 0.25) is 0 Å². The minimum absolute atomic E-state index is 0.0459. The Kier molecular flexibility index (Phi) is 5.37. The van der Waals surface area contributed by atoms with Crippen molar-refractivity contribution in [1.82, 2.24) is 5.01 Å². The predicted molar refractivity (Wildman–Crippen MR) is 121 cm³/mol. The van der Waals surface area contributed by atoms with E-state index in [4.69, 9.17) is 4.74 Å². The van der Waals surface area contributed by atoms with Crippen LogP contribution in [0.25, 0.3) is 6.08 Å². The average Bonchev–Trinajstić information content (AvgIpc) is 3.52. The number of nitrogens with zero attached hydrogens (tertiary/aromatic N) is 3. The van der Waals surface area contributed by atoms with Gasteiger partial charge in [0.1, 0.15) is 5.75 Å². The molecule has 0 spiro atoms. The average molecular weight is 457 g/mol. The van der Waals surface area contributed by atoms with Crippen molar-refractivity contribution < 1.29 is 24.0 Å². The fourth-order valence-electron chi connectivity index (χ4n) is 4.81. The van der Waals surface area contributed by atoms with E-state index in [-0.39, 0.29) is 46.9 Å². The standard InChI is InChI=1S/C25H19N3O6/c29-21(12-7-15-5-10-19(11-6-15)28(32)33)34-20-4-2-1-3-18(20)14-26-27-24(30)22-16-8-9-17(13-16)23(22)25(27)31/h1-12,14,16-17,22-23H,13H2/b12-7+,26-14?/t16-,17-,22-,23+/m0/s1. The summed E-state index contributed by atoms with van der Waals surface area (Å²) in [4.78, 5) is 48.1. The van der Waals surface area contributed by atoms with E-state index in [1.165, 1.54) is 42.6 Å². The second-order valence-electron chi connectivity index (χ2n) is 8.37. The molecule has 1 saturated heterocycles. The molecule has 0 radical (unpaired) electrons. The summed E-state index contributed by atoms with van der Waals surface area (Å²) in [5, 5.41) is 15.8. The van der Waals surface area contributed by atoms with Crippen molar-refractivity contribution >= 4 is 35.8 Å². The molecule has 2 aromatic rings. The van der Waals surface area contributed by atoms with Crippen LogP contribution in [0.3, 0.4) is 0 Å². The summed E-state index contributed by atoms with van der Waals surface area (Å²) in [6, 6.07) is 12.3. The number of ether oxygens (including phenoxy) is 1. The molecular formula is C25H19N3O6. The van der Waals surface area contributed by atoms with Gasteiger partial charge in [0, 0.05) is 23.8 Å². The number of non-ortho nitro benzene ring substituents is 1. The highest BCUT2D eigenvalue weighted by Gasteiger charge is 2.59. The third kappa shape index (κ3) is 3.81. The quantitative estimate of drug-likeness (QED) is 0.0959. The molecule has 0 N–H and O–H groups in total. The molecule has 2 bridgehead atoms. The molecule has 3 aliphatic rings. The number of fused-ring (bicyclic) bond motifs is 5. The van der Waals surface area contributed by atoms with Gasteiger partial charge < -0.3 is 4.74 Å². The SMILES string of the molecule is O=C(/C=C/c1ccc([N+](=O)[O-])cc1)Oc1ccccc1C=NN1C(=O)[C@@H]2[C@H](C1=O)[C@H]1C=C[C@H]2C1. The van der Waals surface area contributed by atoms with Gasteiger partial charge in [0.15, 0.2) is 0 Å². The van der Waals surface area contributed by atoms with Crippen LogP contribution in [0.2, 0.25) is 0 Å². The minimum atomic E-state index is -0.662. The number of nitro groups is 1. The van der Waals surface area contributed by atoms with Crippen LogP contribution in [0.15, 0.2) is 71.9 Å². The van der Waals surface area contributed by atoms with Crippen LogP contribution < -0.4 is 4.74 Å². The Morgan fingerprint density at radius 1 is 1.03 bits per heavy atom. The van der Waals surface area contributed by atoms with E-state index >= 15 is 0 Å². The summed E-state index contributed by atoms with van der Waals surface area (Å²) in [6.45, 7) is 0. The highest BCUT2D eigenvalue weighted by Crippen LogP contribution is 2.52. The molecule has 1 saturated carbocycles. The monoisotopic (exact) mass is 457 g/mol. The lowest BCUT2D eigenvalue weighted by molar-refractivity contribution is -0.384. The van der Waals surface area contributed by atoms with Crippen molar-refractivity contribution in [3.8, 4) is 5.75 Å². The van der Waals surface area contributed by atoms with Gasteiger partial charge in [-0.2, -0.15) is 10.1 Å². The van der Waals surface area contributed by atoms with E-state index in [1.807, 2.05) is 12.2 Å². The number of allylic oxidation sites excluding steroid dienone is 2. The van der Waals surface area contributed by atoms with Crippen LogP contribution in [-0.4, -0.2) is 33.9 Å². The topological polar surface area (TPSA) is 119 Å². The first-order chi connectivity index (χ1) is 16.4. The number of imide groups is 1.